The van der Waals surface area contributed by atoms with Gasteiger partial charge in [0.05, 0.1) is 10.2 Å². The van der Waals surface area contributed by atoms with Crippen LogP contribution in [0.5, 0.6) is 0 Å². The molecular formula is C15H21N5OS. The highest BCUT2D eigenvalue weighted by Crippen LogP contribution is 2.28. The van der Waals surface area contributed by atoms with Crippen molar-refractivity contribution < 1.29 is 4.79 Å². The molecule has 3 rings (SSSR count). The summed E-state index contributed by atoms with van der Waals surface area (Å²) in [4.78, 5) is 25.0. The zero-order chi connectivity index (χ0) is 15.5. The number of amides is 1. The Morgan fingerprint density at radius 3 is 2.86 bits per heavy atom. The minimum atomic E-state index is 0.0818. The first-order chi connectivity index (χ1) is 10.6. The lowest BCUT2D eigenvalue weighted by Gasteiger charge is -2.35. The maximum absolute atomic E-state index is 12.1. The first kappa shape index (κ1) is 15.2. The van der Waals surface area contributed by atoms with Gasteiger partial charge in [0, 0.05) is 38.6 Å². The third-order valence-corrected chi connectivity index (χ3v) is 4.87. The molecule has 6 nitrogen and oxygen atoms in total. The van der Waals surface area contributed by atoms with E-state index in [-0.39, 0.29) is 11.9 Å². The molecule has 0 aliphatic carbocycles. The second-order valence-corrected chi connectivity index (χ2v) is 6.63. The molecule has 0 bridgehead atoms. The summed E-state index contributed by atoms with van der Waals surface area (Å²) in [6.07, 6.45) is 2.91. The lowest BCUT2D eigenvalue weighted by Crippen LogP contribution is -2.49. The maximum atomic E-state index is 12.1. The van der Waals surface area contributed by atoms with Gasteiger partial charge in [-0.15, -0.1) is 11.3 Å². The second-order valence-electron chi connectivity index (χ2n) is 5.72. The zero-order valence-electron chi connectivity index (χ0n) is 12.7. The number of nitrogens with two attached hydrogens (primary N) is 1. The average Bonchev–Trinajstić information content (AvgIpc) is 3.01. The fraction of sp³-hybridized carbons (Fsp3) is 0.533. The second kappa shape index (κ2) is 6.58. The highest BCUT2D eigenvalue weighted by Gasteiger charge is 2.23. The topological polar surface area (TPSA) is 75.4 Å². The normalized spacial score (nSPS) is 17.0. The molecule has 7 heteroatoms. The monoisotopic (exact) mass is 319 g/mol. The van der Waals surface area contributed by atoms with Crippen LogP contribution in [0.25, 0.3) is 10.2 Å². The van der Waals surface area contributed by atoms with Crippen molar-refractivity contribution in [3.63, 3.8) is 0 Å². The van der Waals surface area contributed by atoms with Crippen molar-refractivity contribution in [3.05, 3.63) is 17.8 Å². The summed E-state index contributed by atoms with van der Waals surface area (Å²) in [5.41, 5.74) is 6.71. The van der Waals surface area contributed by atoms with E-state index in [0.29, 0.717) is 6.42 Å². The summed E-state index contributed by atoms with van der Waals surface area (Å²) >= 11 is 1.66. The van der Waals surface area contributed by atoms with Gasteiger partial charge in [-0.25, -0.2) is 9.97 Å². The van der Waals surface area contributed by atoms with Gasteiger partial charge in [0.25, 0.3) is 0 Å². The number of carbonyl (C=O) groups excluding carboxylic acids is 1. The number of fused-ring (bicyclic) bond motifs is 1. The molecular weight excluding hydrogens is 298 g/mol. The Labute approximate surface area is 133 Å². The van der Waals surface area contributed by atoms with E-state index in [1.807, 2.05) is 23.3 Å². The van der Waals surface area contributed by atoms with Gasteiger partial charge < -0.3 is 15.5 Å². The van der Waals surface area contributed by atoms with E-state index < -0.39 is 0 Å². The SMILES string of the molecule is CC(N)CCC(=O)N1CCN(c2ncnc3ccsc23)CC1. The third kappa shape index (κ3) is 3.20. The van der Waals surface area contributed by atoms with E-state index in [9.17, 15) is 4.79 Å². The fourth-order valence-electron chi connectivity index (χ4n) is 2.68. The van der Waals surface area contributed by atoms with Crippen molar-refractivity contribution in [1.29, 1.82) is 0 Å². The highest BCUT2D eigenvalue weighted by atomic mass is 32.1. The van der Waals surface area contributed by atoms with Crippen LogP contribution in [0.4, 0.5) is 5.82 Å². The van der Waals surface area contributed by atoms with Crippen LogP contribution in [0.2, 0.25) is 0 Å². The van der Waals surface area contributed by atoms with Crippen LogP contribution < -0.4 is 10.6 Å². The molecule has 1 aliphatic heterocycles. The van der Waals surface area contributed by atoms with Gasteiger partial charge in [-0.3, -0.25) is 4.79 Å². The standard InChI is InChI=1S/C15H21N5OS/c1-11(16)2-3-13(21)19-5-7-20(8-6-19)15-14-12(4-9-22-14)17-10-18-15/h4,9-11H,2-3,5-8,16H2,1H3. The lowest BCUT2D eigenvalue weighted by atomic mass is 10.1. The van der Waals surface area contributed by atoms with E-state index >= 15 is 0 Å². The minimum Gasteiger partial charge on any atom is -0.352 e. The van der Waals surface area contributed by atoms with Crippen LogP contribution in [0.1, 0.15) is 19.8 Å². The van der Waals surface area contributed by atoms with Crippen LogP contribution in [-0.4, -0.2) is 53.0 Å². The Morgan fingerprint density at radius 1 is 1.36 bits per heavy atom. The van der Waals surface area contributed by atoms with E-state index in [4.69, 9.17) is 5.73 Å². The number of aromatic nitrogens is 2. The molecule has 1 amide bonds. The third-order valence-electron chi connectivity index (χ3n) is 3.97. The Hall–Kier alpha value is -1.73. The van der Waals surface area contributed by atoms with Gasteiger partial charge >= 0.3 is 0 Å². The molecule has 118 valence electrons. The van der Waals surface area contributed by atoms with Crippen molar-refractivity contribution in [2.45, 2.75) is 25.8 Å². The summed E-state index contributed by atoms with van der Waals surface area (Å²) in [5.74, 6) is 1.20. The quantitative estimate of drug-likeness (QED) is 0.923. The first-order valence-corrected chi connectivity index (χ1v) is 8.49. The highest BCUT2D eigenvalue weighted by molar-refractivity contribution is 7.17. The predicted molar refractivity (Wildman–Crippen MR) is 89.1 cm³/mol. The molecule has 0 saturated carbocycles. The Bertz CT molecular complexity index is 648. The minimum absolute atomic E-state index is 0.0818. The van der Waals surface area contributed by atoms with Crippen LogP contribution in [-0.2, 0) is 4.79 Å². The number of piperazine rings is 1. The molecule has 1 fully saturated rings. The molecule has 0 spiro atoms. The molecule has 3 heterocycles. The van der Waals surface area contributed by atoms with E-state index in [1.54, 1.807) is 17.7 Å². The number of hydrogen-bond donors (Lipinski definition) is 1. The molecule has 1 aliphatic rings. The first-order valence-electron chi connectivity index (χ1n) is 7.61. The number of nitrogens with zero attached hydrogens (tertiary/aromatic N) is 4. The van der Waals surface area contributed by atoms with Gasteiger partial charge in [-0.05, 0) is 24.8 Å². The summed E-state index contributed by atoms with van der Waals surface area (Å²) in [6.45, 7) is 5.05. The Kier molecular flexibility index (Phi) is 4.54. The molecule has 0 radical (unpaired) electrons. The summed E-state index contributed by atoms with van der Waals surface area (Å²) < 4.78 is 1.12. The average molecular weight is 319 g/mol. The van der Waals surface area contributed by atoms with E-state index in [0.717, 1.165) is 48.6 Å². The summed E-state index contributed by atoms with van der Waals surface area (Å²) in [7, 11) is 0. The largest absolute Gasteiger partial charge is 0.352 e. The molecule has 2 aromatic rings. The number of thiophene rings is 1. The van der Waals surface area contributed by atoms with Crippen LogP contribution in [0, 0.1) is 0 Å². The number of hydrogen-bond acceptors (Lipinski definition) is 6. The molecule has 2 N–H and O–H groups in total. The van der Waals surface area contributed by atoms with Gasteiger partial charge in [-0.1, -0.05) is 0 Å². The van der Waals surface area contributed by atoms with E-state index in [2.05, 4.69) is 14.9 Å². The fourth-order valence-corrected chi connectivity index (χ4v) is 3.54. The van der Waals surface area contributed by atoms with Crippen molar-refractivity contribution in [2.75, 3.05) is 31.1 Å². The van der Waals surface area contributed by atoms with Crippen LogP contribution >= 0.6 is 11.3 Å². The molecule has 1 saturated heterocycles. The van der Waals surface area contributed by atoms with Crippen LogP contribution in [0.3, 0.4) is 0 Å². The van der Waals surface area contributed by atoms with Crippen molar-refractivity contribution in [1.82, 2.24) is 14.9 Å². The summed E-state index contributed by atoms with van der Waals surface area (Å²) in [5, 5.41) is 2.04. The van der Waals surface area contributed by atoms with Gasteiger partial charge in [-0.2, -0.15) is 0 Å². The molecule has 0 aromatic carbocycles. The van der Waals surface area contributed by atoms with Crippen molar-refractivity contribution in [2.24, 2.45) is 5.73 Å². The zero-order valence-corrected chi connectivity index (χ0v) is 13.6. The number of anilines is 1. The Balaban J connectivity index is 1.62. The molecule has 1 unspecified atom stereocenters. The smallest absolute Gasteiger partial charge is 0.222 e. The molecule has 22 heavy (non-hydrogen) atoms. The maximum Gasteiger partial charge on any atom is 0.222 e. The van der Waals surface area contributed by atoms with Gasteiger partial charge in [0.2, 0.25) is 5.91 Å². The van der Waals surface area contributed by atoms with Crippen LogP contribution in [0.15, 0.2) is 17.8 Å². The number of rotatable bonds is 4. The summed E-state index contributed by atoms with van der Waals surface area (Å²) in [6, 6.07) is 2.09. The molecule has 2 aromatic heterocycles. The van der Waals surface area contributed by atoms with Gasteiger partial charge in [0.15, 0.2) is 0 Å². The van der Waals surface area contributed by atoms with Crippen molar-refractivity contribution >= 4 is 33.3 Å². The van der Waals surface area contributed by atoms with E-state index in [1.165, 1.54) is 0 Å². The van der Waals surface area contributed by atoms with Crippen molar-refractivity contribution in [3.8, 4) is 0 Å². The molecule has 1 atom stereocenters. The predicted octanol–water partition coefficient (Wildman–Crippen LogP) is 1.47. The Morgan fingerprint density at radius 2 is 2.14 bits per heavy atom. The number of carbonyl (C=O) groups is 1. The lowest BCUT2D eigenvalue weighted by molar-refractivity contribution is -0.131. The van der Waals surface area contributed by atoms with Gasteiger partial charge in [0.1, 0.15) is 12.1 Å².